The van der Waals surface area contributed by atoms with E-state index in [1.165, 1.54) is 0 Å². The predicted molar refractivity (Wildman–Crippen MR) is 135 cm³/mol. The standard InChI is InChI=1S/C26H30N8O/c1-17(2)34-16-20(13-30-34)25(35)10-22-8-18-9-23(29-12-19(18)11-28-22)24-14-27-15-26(32-24)31-21-4-6-33(3)7-5-21/h8-9,11-17,21H,4-7,10H2,1-3H3,(H,31,32). The van der Waals surface area contributed by atoms with E-state index in [1.807, 2.05) is 26.0 Å². The van der Waals surface area contributed by atoms with E-state index in [0.29, 0.717) is 23.0 Å². The number of nitrogens with zero attached hydrogens (tertiary/aromatic N) is 7. The molecule has 0 amide bonds. The van der Waals surface area contributed by atoms with Crippen LogP contribution in [0.2, 0.25) is 0 Å². The van der Waals surface area contributed by atoms with Crippen LogP contribution in [0.5, 0.6) is 0 Å². The summed E-state index contributed by atoms with van der Waals surface area (Å²) in [6, 6.07) is 4.53. The minimum absolute atomic E-state index is 0.00317. The average Bonchev–Trinajstić information content (AvgIpc) is 3.36. The van der Waals surface area contributed by atoms with Gasteiger partial charge in [-0.05, 0) is 64.3 Å². The minimum Gasteiger partial charge on any atom is -0.366 e. The number of carbonyl (C=O) groups is 1. The van der Waals surface area contributed by atoms with Crippen molar-refractivity contribution in [3.63, 3.8) is 0 Å². The van der Waals surface area contributed by atoms with Gasteiger partial charge in [0.15, 0.2) is 5.78 Å². The van der Waals surface area contributed by atoms with Gasteiger partial charge in [0.05, 0.1) is 36.3 Å². The smallest absolute Gasteiger partial charge is 0.171 e. The number of anilines is 1. The van der Waals surface area contributed by atoms with Crippen LogP contribution in [0.25, 0.3) is 22.2 Å². The molecule has 1 aliphatic rings. The van der Waals surface area contributed by atoms with Crippen LogP contribution in [0.1, 0.15) is 48.8 Å². The van der Waals surface area contributed by atoms with E-state index in [0.717, 1.165) is 48.2 Å². The molecule has 9 nitrogen and oxygen atoms in total. The Labute approximate surface area is 204 Å². The van der Waals surface area contributed by atoms with Gasteiger partial charge in [-0.2, -0.15) is 5.10 Å². The fourth-order valence-corrected chi connectivity index (χ4v) is 4.27. The van der Waals surface area contributed by atoms with Crippen LogP contribution < -0.4 is 5.32 Å². The second-order valence-corrected chi connectivity index (χ2v) is 9.51. The molecular formula is C26H30N8O. The van der Waals surface area contributed by atoms with Crippen LogP contribution in [0.15, 0.2) is 49.3 Å². The first-order valence-electron chi connectivity index (χ1n) is 12.0. The van der Waals surface area contributed by atoms with Gasteiger partial charge in [-0.15, -0.1) is 0 Å². The lowest BCUT2D eigenvalue weighted by Crippen LogP contribution is -2.36. The first-order valence-corrected chi connectivity index (χ1v) is 12.0. The molecule has 0 aliphatic carbocycles. The Kier molecular flexibility index (Phi) is 6.50. The molecule has 0 unspecified atom stereocenters. The van der Waals surface area contributed by atoms with Crippen molar-refractivity contribution in [3.8, 4) is 11.4 Å². The van der Waals surface area contributed by atoms with E-state index in [-0.39, 0.29) is 18.2 Å². The van der Waals surface area contributed by atoms with E-state index in [1.54, 1.807) is 41.9 Å². The molecule has 35 heavy (non-hydrogen) atoms. The maximum Gasteiger partial charge on any atom is 0.171 e. The maximum atomic E-state index is 12.8. The summed E-state index contributed by atoms with van der Waals surface area (Å²) in [5.41, 5.74) is 2.75. The van der Waals surface area contributed by atoms with Crippen molar-refractivity contribution in [1.82, 2.24) is 34.6 Å². The van der Waals surface area contributed by atoms with Crippen molar-refractivity contribution in [2.45, 2.75) is 45.2 Å². The van der Waals surface area contributed by atoms with Gasteiger partial charge in [0.25, 0.3) is 0 Å². The summed E-state index contributed by atoms with van der Waals surface area (Å²) in [6.07, 6.45) is 12.8. The summed E-state index contributed by atoms with van der Waals surface area (Å²) >= 11 is 0. The molecule has 0 saturated carbocycles. The van der Waals surface area contributed by atoms with Crippen LogP contribution in [0.3, 0.4) is 0 Å². The summed E-state index contributed by atoms with van der Waals surface area (Å²) < 4.78 is 1.79. The van der Waals surface area contributed by atoms with E-state index >= 15 is 0 Å². The largest absolute Gasteiger partial charge is 0.366 e. The molecule has 5 heterocycles. The third-order valence-corrected chi connectivity index (χ3v) is 6.42. The average molecular weight is 471 g/mol. The Morgan fingerprint density at radius 3 is 2.60 bits per heavy atom. The van der Waals surface area contributed by atoms with Gasteiger partial charge >= 0.3 is 0 Å². The summed E-state index contributed by atoms with van der Waals surface area (Å²) in [7, 11) is 2.15. The molecule has 1 fully saturated rings. The monoisotopic (exact) mass is 470 g/mol. The van der Waals surface area contributed by atoms with Gasteiger partial charge in [0.1, 0.15) is 11.5 Å². The number of aromatic nitrogens is 6. The molecule has 180 valence electrons. The highest BCUT2D eigenvalue weighted by atomic mass is 16.1. The fourth-order valence-electron chi connectivity index (χ4n) is 4.27. The van der Waals surface area contributed by atoms with E-state index in [2.05, 4.69) is 37.3 Å². The molecule has 0 spiro atoms. The van der Waals surface area contributed by atoms with Crippen LogP contribution in [-0.2, 0) is 6.42 Å². The molecule has 0 aromatic carbocycles. The number of ketones is 1. The Balaban J connectivity index is 1.34. The number of carbonyl (C=O) groups excluding carboxylic acids is 1. The lowest BCUT2D eigenvalue weighted by molar-refractivity contribution is 0.0992. The summed E-state index contributed by atoms with van der Waals surface area (Å²) in [5, 5.41) is 9.66. The molecule has 1 saturated heterocycles. The van der Waals surface area contributed by atoms with Gasteiger partial charge in [-0.3, -0.25) is 24.4 Å². The Hall–Kier alpha value is -3.72. The fraction of sp³-hybridized carbons (Fsp3) is 0.385. The highest BCUT2D eigenvalue weighted by Gasteiger charge is 2.17. The highest BCUT2D eigenvalue weighted by Crippen LogP contribution is 2.23. The Morgan fingerprint density at radius 2 is 1.83 bits per heavy atom. The summed E-state index contributed by atoms with van der Waals surface area (Å²) in [5.74, 6) is 0.762. The number of rotatable bonds is 7. The summed E-state index contributed by atoms with van der Waals surface area (Å²) in [6.45, 7) is 6.22. The van der Waals surface area contributed by atoms with E-state index < -0.39 is 0 Å². The zero-order valence-electron chi connectivity index (χ0n) is 20.3. The number of nitrogens with one attached hydrogen (secondary N) is 1. The molecule has 1 aliphatic heterocycles. The number of likely N-dealkylation sites (tertiary alicyclic amines) is 1. The lowest BCUT2D eigenvalue weighted by Gasteiger charge is -2.29. The number of hydrogen-bond acceptors (Lipinski definition) is 8. The topological polar surface area (TPSA) is 102 Å². The van der Waals surface area contributed by atoms with Crippen LogP contribution in [0, 0.1) is 0 Å². The number of fused-ring (bicyclic) bond motifs is 1. The lowest BCUT2D eigenvalue weighted by atomic mass is 10.1. The van der Waals surface area contributed by atoms with Gasteiger partial charge in [0.2, 0.25) is 0 Å². The van der Waals surface area contributed by atoms with Gasteiger partial charge in [-0.25, -0.2) is 4.98 Å². The van der Waals surface area contributed by atoms with Crippen molar-refractivity contribution in [1.29, 1.82) is 0 Å². The Morgan fingerprint density at radius 1 is 1.03 bits per heavy atom. The van der Waals surface area contributed by atoms with Gasteiger partial charge in [0, 0.05) is 41.8 Å². The normalized spacial score (nSPS) is 15.1. The number of piperidine rings is 1. The Bertz CT molecular complexity index is 1340. The van der Waals surface area contributed by atoms with Crippen LogP contribution in [0.4, 0.5) is 5.82 Å². The molecule has 0 radical (unpaired) electrons. The first-order chi connectivity index (χ1) is 16.9. The van der Waals surface area contributed by atoms with Crippen molar-refractivity contribution < 1.29 is 4.79 Å². The van der Waals surface area contributed by atoms with E-state index in [9.17, 15) is 4.79 Å². The predicted octanol–water partition coefficient (Wildman–Crippen LogP) is 3.80. The highest BCUT2D eigenvalue weighted by molar-refractivity contribution is 5.97. The molecule has 4 aromatic heterocycles. The third-order valence-electron chi connectivity index (χ3n) is 6.42. The van der Waals surface area contributed by atoms with E-state index in [4.69, 9.17) is 4.98 Å². The second kappa shape index (κ2) is 9.87. The molecule has 9 heteroatoms. The van der Waals surface area contributed by atoms with Crippen molar-refractivity contribution >= 4 is 22.4 Å². The third kappa shape index (κ3) is 5.35. The molecule has 1 N–H and O–H groups in total. The number of Topliss-reactive ketones (excluding diaryl/α,β-unsaturated/α-hetero) is 1. The van der Waals surface area contributed by atoms with Crippen molar-refractivity contribution in [2.75, 3.05) is 25.5 Å². The van der Waals surface area contributed by atoms with Crippen LogP contribution in [-0.4, -0.2) is 66.6 Å². The zero-order chi connectivity index (χ0) is 24.4. The molecule has 4 aromatic rings. The number of pyridine rings is 2. The number of hydrogen-bond donors (Lipinski definition) is 1. The zero-order valence-corrected chi connectivity index (χ0v) is 20.3. The molecular weight excluding hydrogens is 440 g/mol. The van der Waals surface area contributed by atoms with Gasteiger partial charge < -0.3 is 10.2 Å². The first kappa shape index (κ1) is 23.0. The molecule has 0 atom stereocenters. The van der Waals surface area contributed by atoms with Crippen molar-refractivity contribution in [3.05, 3.63) is 60.6 Å². The molecule has 5 rings (SSSR count). The van der Waals surface area contributed by atoms with Gasteiger partial charge in [-0.1, -0.05) is 0 Å². The van der Waals surface area contributed by atoms with Crippen molar-refractivity contribution in [2.24, 2.45) is 0 Å². The summed E-state index contributed by atoms with van der Waals surface area (Å²) in [4.78, 5) is 33.3. The SMILES string of the molecule is CC(C)n1cc(C(=O)Cc2cc3cc(-c4cncc(NC5CCN(C)CC5)n4)ncc3cn2)cn1. The second-order valence-electron chi connectivity index (χ2n) is 9.51. The van der Waals surface area contributed by atoms with Crippen LogP contribution >= 0.6 is 0 Å². The molecule has 0 bridgehead atoms. The quantitative estimate of drug-likeness (QED) is 0.407. The minimum atomic E-state index is -0.00317. The maximum absolute atomic E-state index is 12.8.